The molecule has 1 N–H and O–H groups in total. The molecule has 1 rings (SSSR count). The first-order chi connectivity index (χ1) is 5.88. The van der Waals surface area contributed by atoms with Crippen molar-refractivity contribution in [2.75, 3.05) is 0 Å². The molecule has 1 atom stereocenters. The predicted octanol–water partition coefficient (Wildman–Crippen LogP) is 2.05. The maximum atomic E-state index is 10.8. The monoisotopic (exact) mass is 186 g/mol. The molecule has 0 heterocycles. The molecule has 0 bridgehead atoms. The SMILES string of the molecule is CC(C)(C)OC(CC1CC1)C(=O)O. The summed E-state index contributed by atoms with van der Waals surface area (Å²) in [5.74, 6) is -0.245. The van der Waals surface area contributed by atoms with E-state index in [-0.39, 0.29) is 5.60 Å². The van der Waals surface area contributed by atoms with Crippen molar-refractivity contribution in [2.45, 2.75) is 51.7 Å². The van der Waals surface area contributed by atoms with Gasteiger partial charge in [-0.1, -0.05) is 12.8 Å². The molecule has 1 aliphatic rings. The van der Waals surface area contributed by atoms with Gasteiger partial charge in [-0.25, -0.2) is 4.79 Å². The van der Waals surface area contributed by atoms with Crippen molar-refractivity contribution in [1.82, 2.24) is 0 Å². The Labute approximate surface area is 79.1 Å². The third kappa shape index (κ3) is 4.27. The zero-order chi connectivity index (χ0) is 10.1. The summed E-state index contributed by atoms with van der Waals surface area (Å²) in [6, 6.07) is 0. The topological polar surface area (TPSA) is 46.5 Å². The number of rotatable bonds is 4. The van der Waals surface area contributed by atoms with E-state index in [1.54, 1.807) is 0 Å². The number of aliphatic carboxylic acids is 1. The van der Waals surface area contributed by atoms with Gasteiger partial charge >= 0.3 is 5.97 Å². The molecule has 0 saturated heterocycles. The molecule has 1 aliphatic carbocycles. The smallest absolute Gasteiger partial charge is 0.332 e. The van der Waals surface area contributed by atoms with Crippen molar-refractivity contribution in [3.05, 3.63) is 0 Å². The van der Waals surface area contributed by atoms with Gasteiger partial charge in [-0.05, 0) is 33.1 Å². The van der Waals surface area contributed by atoms with E-state index in [0.29, 0.717) is 12.3 Å². The Hall–Kier alpha value is -0.570. The van der Waals surface area contributed by atoms with Crippen LogP contribution in [-0.4, -0.2) is 22.8 Å². The Bertz CT molecular complexity index is 189. The van der Waals surface area contributed by atoms with Gasteiger partial charge in [0, 0.05) is 0 Å². The summed E-state index contributed by atoms with van der Waals surface area (Å²) in [6.45, 7) is 5.65. The third-order valence-electron chi connectivity index (χ3n) is 2.02. The van der Waals surface area contributed by atoms with E-state index in [2.05, 4.69) is 0 Å². The fourth-order valence-corrected chi connectivity index (χ4v) is 1.28. The summed E-state index contributed by atoms with van der Waals surface area (Å²) < 4.78 is 5.45. The first kappa shape index (κ1) is 10.5. The van der Waals surface area contributed by atoms with Crippen molar-refractivity contribution >= 4 is 5.97 Å². The van der Waals surface area contributed by atoms with Gasteiger partial charge < -0.3 is 9.84 Å². The molecule has 3 nitrogen and oxygen atoms in total. The van der Waals surface area contributed by atoms with Crippen LogP contribution >= 0.6 is 0 Å². The number of carbonyl (C=O) groups is 1. The molecule has 0 aromatic carbocycles. The molecular weight excluding hydrogens is 168 g/mol. The standard InChI is InChI=1S/C10H18O3/c1-10(2,3)13-8(9(11)12)6-7-4-5-7/h7-8H,4-6H2,1-3H3,(H,11,12). The lowest BCUT2D eigenvalue weighted by molar-refractivity contribution is -0.160. The van der Waals surface area contributed by atoms with Crippen LogP contribution in [0.2, 0.25) is 0 Å². The summed E-state index contributed by atoms with van der Waals surface area (Å²) in [7, 11) is 0. The number of hydrogen-bond acceptors (Lipinski definition) is 2. The fraction of sp³-hybridized carbons (Fsp3) is 0.900. The molecule has 76 valence electrons. The summed E-state index contributed by atoms with van der Waals surface area (Å²) >= 11 is 0. The maximum Gasteiger partial charge on any atom is 0.332 e. The molecule has 1 unspecified atom stereocenters. The highest BCUT2D eigenvalue weighted by Crippen LogP contribution is 2.35. The van der Waals surface area contributed by atoms with Gasteiger partial charge in [0.2, 0.25) is 0 Å². The van der Waals surface area contributed by atoms with Gasteiger partial charge in [0.15, 0.2) is 6.10 Å². The zero-order valence-corrected chi connectivity index (χ0v) is 8.54. The molecule has 13 heavy (non-hydrogen) atoms. The lowest BCUT2D eigenvalue weighted by Crippen LogP contribution is -2.33. The normalized spacial score (nSPS) is 19.9. The van der Waals surface area contributed by atoms with Gasteiger partial charge in [0.25, 0.3) is 0 Å². The molecule has 0 amide bonds. The number of carboxylic acids is 1. The highest BCUT2D eigenvalue weighted by molar-refractivity contribution is 5.72. The fourth-order valence-electron chi connectivity index (χ4n) is 1.28. The summed E-state index contributed by atoms with van der Waals surface area (Å²) in [4.78, 5) is 10.8. The van der Waals surface area contributed by atoms with Gasteiger partial charge in [0.1, 0.15) is 0 Å². The highest BCUT2D eigenvalue weighted by atomic mass is 16.5. The Morgan fingerprint density at radius 2 is 2.08 bits per heavy atom. The van der Waals surface area contributed by atoms with E-state index in [4.69, 9.17) is 9.84 Å². The summed E-state index contributed by atoms with van der Waals surface area (Å²) in [5.41, 5.74) is -0.363. The molecule has 1 fully saturated rings. The number of hydrogen-bond donors (Lipinski definition) is 1. The minimum Gasteiger partial charge on any atom is -0.479 e. The van der Waals surface area contributed by atoms with Crippen LogP contribution in [0.15, 0.2) is 0 Å². The Morgan fingerprint density at radius 3 is 2.38 bits per heavy atom. The average molecular weight is 186 g/mol. The van der Waals surface area contributed by atoms with Gasteiger partial charge in [-0.3, -0.25) is 0 Å². The van der Waals surface area contributed by atoms with Crippen molar-refractivity contribution < 1.29 is 14.6 Å². The second-order valence-electron chi connectivity index (χ2n) is 4.74. The molecule has 0 aliphatic heterocycles. The average Bonchev–Trinajstić information content (AvgIpc) is 2.66. The van der Waals surface area contributed by atoms with E-state index in [0.717, 1.165) is 12.8 Å². The third-order valence-corrected chi connectivity index (χ3v) is 2.02. The predicted molar refractivity (Wildman–Crippen MR) is 49.6 cm³/mol. The van der Waals surface area contributed by atoms with Crippen LogP contribution in [0.1, 0.15) is 40.0 Å². The minimum absolute atomic E-state index is 0.363. The molecular formula is C10H18O3. The quantitative estimate of drug-likeness (QED) is 0.731. The lowest BCUT2D eigenvalue weighted by Gasteiger charge is -2.24. The van der Waals surface area contributed by atoms with Gasteiger partial charge in [-0.2, -0.15) is 0 Å². The molecule has 0 radical (unpaired) electrons. The van der Waals surface area contributed by atoms with Crippen LogP contribution in [0, 0.1) is 5.92 Å². The van der Waals surface area contributed by atoms with E-state index in [1.807, 2.05) is 20.8 Å². The van der Waals surface area contributed by atoms with E-state index in [9.17, 15) is 4.79 Å². The van der Waals surface area contributed by atoms with Crippen molar-refractivity contribution in [1.29, 1.82) is 0 Å². The second-order valence-corrected chi connectivity index (χ2v) is 4.74. The minimum atomic E-state index is -0.832. The van der Waals surface area contributed by atoms with Crippen LogP contribution in [0.3, 0.4) is 0 Å². The van der Waals surface area contributed by atoms with Crippen LogP contribution in [-0.2, 0) is 9.53 Å². The molecule has 3 heteroatoms. The summed E-state index contributed by atoms with van der Waals surface area (Å²) in [5, 5.41) is 8.89. The molecule has 0 aromatic heterocycles. The van der Waals surface area contributed by atoms with E-state index in [1.165, 1.54) is 0 Å². The summed E-state index contributed by atoms with van der Waals surface area (Å²) in [6.07, 6.45) is 2.38. The van der Waals surface area contributed by atoms with Crippen LogP contribution in [0.4, 0.5) is 0 Å². The highest BCUT2D eigenvalue weighted by Gasteiger charge is 2.32. The Morgan fingerprint density at radius 1 is 1.54 bits per heavy atom. The van der Waals surface area contributed by atoms with Gasteiger partial charge in [-0.15, -0.1) is 0 Å². The van der Waals surface area contributed by atoms with Crippen LogP contribution in [0.25, 0.3) is 0 Å². The molecule has 0 spiro atoms. The zero-order valence-electron chi connectivity index (χ0n) is 8.54. The molecule has 0 aromatic rings. The van der Waals surface area contributed by atoms with Crippen molar-refractivity contribution in [3.8, 4) is 0 Å². The van der Waals surface area contributed by atoms with E-state index < -0.39 is 12.1 Å². The first-order valence-electron chi connectivity index (χ1n) is 4.79. The van der Waals surface area contributed by atoms with Crippen LogP contribution < -0.4 is 0 Å². The van der Waals surface area contributed by atoms with Crippen LogP contribution in [0.5, 0.6) is 0 Å². The largest absolute Gasteiger partial charge is 0.479 e. The Balaban J connectivity index is 2.41. The molecule has 1 saturated carbocycles. The first-order valence-corrected chi connectivity index (χ1v) is 4.79. The lowest BCUT2D eigenvalue weighted by atomic mass is 10.1. The van der Waals surface area contributed by atoms with Crippen molar-refractivity contribution in [2.24, 2.45) is 5.92 Å². The second kappa shape index (κ2) is 3.66. The number of carboxylic acid groups (broad SMARTS) is 1. The number of ether oxygens (including phenoxy) is 1. The van der Waals surface area contributed by atoms with Gasteiger partial charge in [0.05, 0.1) is 5.60 Å². The van der Waals surface area contributed by atoms with Crippen molar-refractivity contribution in [3.63, 3.8) is 0 Å². The maximum absolute atomic E-state index is 10.8. The van der Waals surface area contributed by atoms with E-state index >= 15 is 0 Å². The Kier molecular flexibility index (Phi) is 2.96.